The zero-order valence-electron chi connectivity index (χ0n) is 11.2. The van der Waals surface area contributed by atoms with Gasteiger partial charge in [-0.3, -0.25) is 0 Å². The Labute approximate surface area is 127 Å². The first-order valence-corrected chi connectivity index (χ1v) is 8.04. The second kappa shape index (κ2) is 6.00. The van der Waals surface area contributed by atoms with Crippen LogP contribution in [0.3, 0.4) is 0 Å². The SMILES string of the molecule is CCCNC(c1ccsc1)c1cc2cc(Cl)ccc2o1. The Morgan fingerprint density at radius 3 is 2.95 bits per heavy atom. The molecule has 0 amide bonds. The molecule has 2 aromatic heterocycles. The van der Waals surface area contributed by atoms with Crippen LogP contribution in [0.1, 0.15) is 30.7 Å². The normalized spacial score (nSPS) is 12.9. The molecular formula is C16H16ClNOS. The average Bonchev–Trinajstić information content (AvgIpc) is 3.08. The number of fused-ring (bicyclic) bond motifs is 1. The predicted octanol–water partition coefficient (Wildman–Crippen LogP) is 5.24. The first-order valence-electron chi connectivity index (χ1n) is 6.72. The molecule has 0 aliphatic carbocycles. The molecule has 1 atom stereocenters. The van der Waals surface area contributed by atoms with Crippen LogP contribution >= 0.6 is 22.9 Å². The van der Waals surface area contributed by atoms with E-state index in [1.807, 2.05) is 18.2 Å². The van der Waals surface area contributed by atoms with Crippen molar-refractivity contribution in [1.29, 1.82) is 0 Å². The van der Waals surface area contributed by atoms with E-state index in [0.29, 0.717) is 0 Å². The van der Waals surface area contributed by atoms with Gasteiger partial charge in [0, 0.05) is 10.4 Å². The summed E-state index contributed by atoms with van der Waals surface area (Å²) in [5.74, 6) is 0.939. The third-order valence-corrected chi connectivity index (χ3v) is 4.19. The van der Waals surface area contributed by atoms with Crippen LogP contribution in [-0.2, 0) is 0 Å². The van der Waals surface area contributed by atoms with E-state index in [9.17, 15) is 0 Å². The van der Waals surface area contributed by atoms with Gasteiger partial charge < -0.3 is 9.73 Å². The van der Waals surface area contributed by atoms with Gasteiger partial charge in [0.25, 0.3) is 0 Å². The second-order valence-corrected chi connectivity index (χ2v) is 5.99. The van der Waals surface area contributed by atoms with Gasteiger partial charge in [-0.15, -0.1) is 0 Å². The van der Waals surface area contributed by atoms with Gasteiger partial charge in [0.2, 0.25) is 0 Å². The molecule has 0 aliphatic rings. The maximum atomic E-state index is 6.04. The summed E-state index contributed by atoms with van der Waals surface area (Å²) in [6.07, 6.45) is 1.09. The Morgan fingerprint density at radius 1 is 1.30 bits per heavy atom. The van der Waals surface area contributed by atoms with Crippen molar-refractivity contribution in [2.45, 2.75) is 19.4 Å². The van der Waals surface area contributed by atoms with Crippen molar-refractivity contribution < 1.29 is 4.42 Å². The number of furan rings is 1. The maximum absolute atomic E-state index is 6.04. The summed E-state index contributed by atoms with van der Waals surface area (Å²) in [6, 6.07) is 10.0. The van der Waals surface area contributed by atoms with Crippen molar-refractivity contribution in [3.05, 3.63) is 57.4 Å². The molecule has 0 fully saturated rings. The molecule has 0 saturated carbocycles. The highest BCUT2D eigenvalue weighted by atomic mass is 35.5. The summed E-state index contributed by atoms with van der Waals surface area (Å²) >= 11 is 7.74. The van der Waals surface area contributed by atoms with Crippen LogP contribution in [0, 0.1) is 0 Å². The molecule has 1 N–H and O–H groups in total. The summed E-state index contributed by atoms with van der Waals surface area (Å²) in [5.41, 5.74) is 2.12. The molecule has 0 aliphatic heterocycles. The zero-order valence-corrected chi connectivity index (χ0v) is 12.8. The minimum atomic E-state index is 0.104. The van der Waals surface area contributed by atoms with Crippen molar-refractivity contribution in [3.63, 3.8) is 0 Å². The van der Waals surface area contributed by atoms with E-state index in [0.717, 1.165) is 34.7 Å². The second-order valence-electron chi connectivity index (χ2n) is 4.77. The van der Waals surface area contributed by atoms with Crippen molar-refractivity contribution in [2.24, 2.45) is 0 Å². The summed E-state index contributed by atoms with van der Waals surface area (Å²) in [7, 11) is 0. The molecule has 1 aromatic carbocycles. The molecule has 4 heteroatoms. The standard InChI is InChI=1S/C16H16ClNOS/c1-2-6-18-16(11-5-7-20-10-11)15-9-12-8-13(17)3-4-14(12)19-15/h3-5,7-10,16,18H,2,6H2,1H3. The van der Waals surface area contributed by atoms with Gasteiger partial charge in [0.05, 0.1) is 6.04 Å². The first kappa shape index (κ1) is 13.7. The molecule has 20 heavy (non-hydrogen) atoms. The molecule has 0 radical (unpaired) electrons. The molecule has 3 aromatic rings. The highest BCUT2D eigenvalue weighted by Crippen LogP contribution is 2.30. The fraction of sp³-hybridized carbons (Fsp3) is 0.250. The third kappa shape index (κ3) is 2.75. The van der Waals surface area contributed by atoms with Gasteiger partial charge in [0.1, 0.15) is 11.3 Å². The zero-order chi connectivity index (χ0) is 13.9. The fourth-order valence-corrected chi connectivity index (χ4v) is 3.15. The van der Waals surface area contributed by atoms with E-state index in [4.69, 9.17) is 16.0 Å². The molecule has 2 heterocycles. The lowest BCUT2D eigenvalue weighted by atomic mass is 10.1. The van der Waals surface area contributed by atoms with Crippen LogP contribution < -0.4 is 5.32 Å². The molecule has 0 spiro atoms. The van der Waals surface area contributed by atoms with Gasteiger partial charge in [-0.2, -0.15) is 11.3 Å². The van der Waals surface area contributed by atoms with Crippen LogP contribution in [-0.4, -0.2) is 6.54 Å². The van der Waals surface area contributed by atoms with Crippen molar-refractivity contribution in [3.8, 4) is 0 Å². The monoisotopic (exact) mass is 305 g/mol. The van der Waals surface area contributed by atoms with Crippen LogP contribution in [0.2, 0.25) is 5.02 Å². The van der Waals surface area contributed by atoms with Gasteiger partial charge in [-0.25, -0.2) is 0 Å². The van der Waals surface area contributed by atoms with E-state index < -0.39 is 0 Å². The lowest BCUT2D eigenvalue weighted by Crippen LogP contribution is -2.22. The van der Waals surface area contributed by atoms with Gasteiger partial charge in [-0.05, 0) is 59.6 Å². The average molecular weight is 306 g/mol. The van der Waals surface area contributed by atoms with Gasteiger partial charge >= 0.3 is 0 Å². The smallest absolute Gasteiger partial charge is 0.134 e. The Hall–Kier alpha value is -1.29. The Kier molecular flexibility index (Phi) is 4.10. The number of halogens is 1. The fourth-order valence-electron chi connectivity index (χ4n) is 2.29. The lowest BCUT2D eigenvalue weighted by molar-refractivity contribution is 0.470. The van der Waals surface area contributed by atoms with E-state index in [1.54, 1.807) is 11.3 Å². The Bertz CT molecular complexity index is 690. The highest BCUT2D eigenvalue weighted by molar-refractivity contribution is 7.08. The first-order chi connectivity index (χ1) is 9.78. The summed E-state index contributed by atoms with van der Waals surface area (Å²) in [4.78, 5) is 0. The topological polar surface area (TPSA) is 25.2 Å². The van der Waals surface area contributed by atoms with E-state index in [-0.39, 0.29) is 6.04 Å². The van der Waals surface area contributed by atoms with Crippen LogP contribution in [0.25, 0.3) is 11.0 Å². The van der Waals surface area contributed by atoms with Gasteiger partial charge in [-0.1, -0.05) is 18.5 Å². The Morgan fingerprint density at radius 2 is 2.20 bits per heavy atom. The summed E-state index contributed by atoms with van der Waals surface area (Å²) < 4.78 is 5.99. The lowest BCUT2D eigenvalue weighted by Gasteiger charge is -2.14. The summed E-state index contributed by atoms with van der Waals surface area (Å²) in [5, 5.41) is 9.58. The molecule has 3 rings (SSSR count). The quantitative estimate of drug-likeness (QED) is 0.697. The summed E-state index contributed by atoms with van der Waals surface area (Å²) in [6.45, 7) is 3.12. The van der Waals surface area contributed by atoms with Gasteiger partial charge in [0.15, 0.2) is 0 Å². The minimum absolute atomic E-state index is 0.104. The van der Waals surface area contributed by atoms with Crippen LogP contribution in [0.5, 0.6) is 0 Å². The highest BCUT2D eigenvalue weighted by Gasteiger charge is 2.18. The predicted molar refractivity (Wildman–Crippen MR) is 85.7 cm³/mol. The Balaban J connectivity index is 1.99. The van der Waals surface area contributed by atoms with Crippen molar-refractivity contribution in [2.75, 3.05) is 6.54 Å². The van der Waals surface area contributed by atoms with E-state index in [1.165, 1.54) is 5.56 Å². The van der Waals surface area contributed by atoms with Crippen LogP contribution in [0.4, 0.5) is 0 Å². The van der Waals surface area contributed by atoms with Crippen molar-refractivity contribution in [1.82, 2.24) is 5.32 Å². The molecule has 104 valence electrons. The molecule has 1 unspecified atom stereocenters. The number of benzene rings is 1. The van der Waals surface area contributed by atoms with Crippen LogP contribution in [0.15, 0.2) is 45.5 Å². The largest absolute Gasteiger partial charge is 0.459 e. The molecule has 0 bridgehead atoms. The van der Waals surface area contributed by atoms with E-state index >= 15 is 0 Å². The maximum Gasteiger partial charge on any atom is 0.134 e. The number of hydrogen-bond acceptors (Lipinski definition) is 3. The van der Waals surface area contributed by atoms with Crippen molar-refractivity contribution >= 4 is 33.9 Å². The number of rotatable bonds is 5. The molecule has 0 saturated heterocycles. The minimum Gasteiger partial charge on any atom is -0.459 e. The van der Waals surface area contributed by atoms with E-state index in [2.05, 4.69) is 35.1 Å². The number of hydrogen-bond donors (Lipinski definition) is 1. The number of thiophene rings is 1. The third-order valence-electron chi connectivity index (χ3n) is 3.26. The molecular weight excluding hydrogens is 290 g/mol. The number of nitrogens with one attached hydrogen (secondary N) is 1. The molecule has 2 nitrogen and oxygen atoms in total.